The van der Waals surface area contributed by atoms with Gasteiger partial charge < -0.3 is 11.1 Å². The summed E-state index contributed by atoms with van der Waals surface area (Å²) in [6.45, 7) is -0.0108. The van der Waals surface area contributed by atoms with Crippen molar-refractivity contribution in [3.05, 3.63) is 34.4 Å². The van der Waals surface area contributed by atoms with Gasteiger partial charge in [-0.25, -0.2) is 8.42 Å². The van der Waals surface area contributed by atoms with E-state index in [0.29, 0.717) is 5.69 Å². The first-order chi connectivity index (χ1) is 8.33. The molecule has 0 saturated carbocycles. The minimum Gasteiger partial charge on any atom is -0.384 e. The predicted octanol–water partition coefficient (Wildman–Crippen LogP) is 0.500. The van der Waals surface area contributed by atoms with E-state index in [0.717, 1.165) is 0 Å². The number of rotatable bonds is 5. The van der Waals surface area contributed by atoms with Crippen molar-refractivity contribution in [3.63, 3.8) is 0 Å². The van der Waals surface area contributed by atoms with Crippen LogP contribution in [-0.4, -0.2) is 30.9 Å². The second-order valence-electron chi connectivity index (χ2n) is 3.37. The molecule has 1 aromatic rings. The zero-order valence-electron chi connectivity index (χ0n) is 9.20. The highest BCUT2D eigenvalue weighted by Gasteiger charge is 2.17. The Morgan fingerprint density at radius 3 is 2.33 bits per heavy atom. The molecule has 18 heavy (non-hydrogen) atoms. The molecule has 0 fully saturated rings. The maximum absolute atomic E-state index is 11.1. The molecule has 0 radical (unpaired) electrons. The van der Waals surface area contributed by atoms with E-state index in [1.807, 2.05) is 0 Å². The molecule has 1 rings (SSSR count). The van der Waals surface area contributed by atoms with Crippen molar-refractivity contribution in [2.75, 3.05) is 17.6 Å². The van der Waals surface area contributed by atoms with Crippen molar-refractivity contribution < 1.29 is 18.1 Å². The normalized spacial score (nSPS) is 10.9. The van der Waals surface area contributed by atoms with Gasteiger partial charge in [0.15, 0.2) is 0 Å². The van der Waals surface area contributed by atoms with Gasteiger partial charge in [-0.1, -0.05) is 0 Å². The van der Waals surface area contributed by atoms with Crippen molar-refractivity contribution in [3.8, 4) is 0 Å². The summed E-state index contributed by atoms with van der Waals surface area (Å²) in [6.07, 6.45) is 0. The third-order valence-electron chi connectivity index (χ3n) is 2.08. The molecule has 3 N–H and O–H groups in total. The number of nitro groups is 1. The fourth-order valence-electron chi connectivity index (χ4n) is 1.13. The molecule has 0 saturated heterocycles. The number of primary amides is 1. The lowest BCUT2D eigenvalue weighted by molar-refractivity contribution is -0.384. The van der Waals surface area contributed by atoms with Gasteiger partial charge in [0, 0.05) is 24.4 Å². The van der Waals surface area contributed by atoms with Gasteiger partial charge in [0.2, 0.25) is 9.84 Å². The van der Waals surface area contributed by atoms with Gasteiger partial charge in [-0.05, 0) is 12.1 Å². The number of carbonyl (C=O) groups excluding carboxylic acids is 1. The number of sulfone groups is 1. The molecule has 98 valence electrons. The molecule has 0 spiro atoms. The van der Waals surface area contributed by atoms with E-state index in [1.165, 1.54) is 24.3 Å². The van der Waals surface area contributed by atoms with E-state index in [-0.39, 0.29) is 12.2 Å². The predicted molar refractivity (Wildman–Crippen MR) is 65.0 cm³/mol. The summed E-state index contributed by atoms with van der Waals surface area (Å²) >= 11 is 0. The van der Waals surface area contributed by atoms with E-state index in [1.54, 1.807) is 0 Å². The number of carbonyl (C=O) groups is 1. The number of anilines is 1. The summed E-state index contributed by atoms with van der Waals surface area (Å²) in [6, 6.07) is 5.44. The molecule has 0 atom stereocenters. The van der Waals surface area contributed by atoms with Crippen LogP contribution in [0.2, 0.25) is 0 Å². The number of nitrogens with one attached hydrogen (secondary N) is 1. The number of hydrogen-bond donors (Lipinski definition) is 2. The third-order valence-corrected chi connectivity index (χ3v) is 3.44. The molecular formula is C9H11N3O5S. The highest BCUT2D eigenvalue weighted by molar-refractivity contribution is 8.05. The van der Waals surface area contributed by atoms with Gasteiger partial charge >= 0.3 is 5.24 Å². The maximum atomic E-state index is 11.1. The molecule has 0 aliphatic rings. The minimum atomic E-state index is -3.92. The zero-order chi connectivity index (χ0) is 13.8. The highest BCUT2D eigenvalue weighted by Crippen LogP contribution is 2.15. The number of nitrogens with zero attached hydrogens (tertiary/aromatic N) is 1. The Labute approximate surface area is 103 Å². The van der Waals surface area contributed by atoms with Crippen LogP contribution in [0.25, 0.3) is 0 Å². The molecule has 8 nitrogen and oxygen atoms in total. The van der Waals surface area contributed by atoms with Crippen LogP contribution >= 0.6 is 0 Å². The standard InChI is InChI=1S/C9H11N3O5S/c10-9(13)18(16,17)6-5-11-7-1-3-8(4-2-7)12(14)15/h1-4,11H,5-6H2,(H2,10,13). The van der Waals surface area contributed by atoms with E-state index in [9.17, 15) is 23.3 Å². The molecule has 0 unspecified atom stereocenters. The van der Waals surface area contributed by atoms with Gasteiger partial charge in [0.1, 0.15) is 0 Å². The van der Waals surface area contributed by atoms with Gasteiger partial charge in [-0.3, -0.25) is 14.9 Å². The summed E-state index contributed by atoms with van der Waals surface area (Å²) < 4.78 is 22.1. The molecule has 1 amide bonds. The van der Waals surface area contributed by atoms with Crippen LogP contribution in [0.1, 0.15) is 0 Å². The lowest BCUT2D eigenvalue weighted by Crippen LogP contribution is -2.27. The molecule has 0 aliphatic heterocycles. The Morgan fingerprint density at radius 1 is 1.33 bits per heavy atom. The van der Waals surface area contributed by atoms with Crippen molar-refractivity contribution in [2.45, 2.75) is 0 Å². The molecule has 0 aliphatic carbocycles. The van der Waals surface area contributed by atoms with E-state index in [4.69, 9.17) is 0 Å². The quantitative estimate of drug-likeness (QED) is 0.593. The first-order valence-corrected chi connectivity index (χ1v) is 6.48. The third kappa shape index (κ3) is 3.70. The van der Waals surface area contributed by atoms with Crippen molar-refractivity contribution >= 4 is 26.5 Å². The van der Waals surface area contributed by atoms with E-state index in [2.05, 4.69) is 11.1 Å². The van der Waals surface area contributed by atoms with Gasteiger partial charge in [-0.2, -0.15) is 0 Å². The van der Waals surface area contributed by atoms with Crippen molar-refractivity contribution in [1.82, 2.24) is 0 Å². The number of amides is 1. The van der Waals surface area contributed by atoms with Crippen LogP contribution in [-0.2, 0) is 9.84 Å². The Bertz CT molecular complexity index is 552. The van der Waals surface area contributed by atoms with Crippen LogP contribution in [0.15, 0.2) is 24.3 Å². The SMILES string of the molecule is NC(=O)S(=O)(=O)CCNc1ccc([N+](=O)[O-])cc1. The van der Waals surface area contributed by atoms with Gasteiger partial charge in [0.05, 0.1) is 10.7 Å². The topological polar surface area (TPSA) is 132 Å². The fourth-order valence-corrected chi connectivity index (χ4v) is 1.70. The monoisotopic (exact) mass is 273 g/mol. The fraction of sp³-hybridized carbons (Fsp3) is 0.222. The highest BCUT2D eigenvalue weighted by atomic mass is 32.2. The number of nitro benzene ring substituents is 1. The Balaban J connectivity index is 2.55. The first-order valence-electron chi connectivity index (χ1n) is 4.83. The summed E-state index contributed by atoms with van der Waals surface area (Å²) in [5.41, 5.74) is 5.12. The number of benzene rings is 1. The Kier molecular flexibility index (Phi) is 4.21. The molecular weight excluding hydrogens is 262 g/mol. The minimum absolute atomic E-state index is 0.0108. The smallest absolute Gasteiger partial charge is 0.333 e. The maximum Gasteiger partial charge on any atom is 0.333 e. The number of nitrogens with two attached hydrogens (primary N) is 1. The molecule has 0 bridgehead atoms. The van der Waals surface area contributed by atoms with Crippen molar-refractivity contribution in [1.29, 1.82) is 0 Å². The molecule has 9 heteroatoms. The van der Waals surface area contributed by atoms with Gasteiger partial charge in [-0.15, -0.1) is 0 Å². The van der Waals surface area contributed by atoms with Crippen LogP contribution in [0.3, 0.4) is 0 Å². The van der Waals surface area contributed by atoms with Crippen LogP contribution in [0.5, 0.6) is 0 Å². The first kappa shape index (κ1) is 13.9. The molecule has 1 aromatic carbocycles. The lowest BCUT2D eigenvalue weighted by Gasteiger charge is -2.05. The second-order valence-corrected chi connectivity index (χ2v) is 5.41. The van der Waals surface area contributed by atoms with E-state index < -0.39 is 25.8 Å². The van der Waals surface area contributed by atoms with Crippen molar-refractivity contribution in [2.24, 2.45) is 5.73 Å². The molecule has 0 aromatic heterocycles. The number of hydrogen-bond acceptors (Lipinski definition) is 6. The summed E-state index contributed by atoms with van der Waals surface area (Å²) in [7, 11) is -3.92. The number of non-ortho nitro benzene ring substituents is 1. The summed E-state index contributed by atoms with van der Waals surface area (Å²) in [4.78, 5) is 20.4. The van der Waals surface area contributed by atoms with Crippen LogP contribution in [0, 0.1) is 10.1 Å². The Morgan fingerprint density at radius 2 is 1.89 bits per heavy atom. The second kappa shape index (κ2) is 5.45. The zero-order valence-corrected chi connectivity index (χ0v) is 10.0. The Hall–Kier alpha value is -2.16. The lowest BCUT2D eigenvalue weighted by atomic mass is 10.3. The molecule has 0 heterocycles. The average Bonchev–Trinajstić information content (AvgIpc) is 2.29. The average molecular weight is 273 g/mol. The van der Waals surface area contributed by atoms with Gasteiger partial charge in [0.25, 0.3) is 5.69 Å². The summed E-state index contributed by atoms with van der Waals surface area (Å²) in [5, 5.41) is 11.7. The van der Waals surface area contributed by atoms with Crippen LogP contribution < -0.4 is 11.1 Å². The van der Waals surface area contributed by atoms with E-state index >= 15 is 0 Å². The largest absolute Gasteiger partial charge is 0.384 e. The van der Waals surface area contributed by atoms with Crippen LogP contribution in [0.4, 0.5) is 16.2 Å². The summed E-state index contributed by atoms with van der Waals surface area (Å²) in [5.74, 6) is -0.431.